The van der Waals surface area contributed by atoms with Gasteiger partial charge in [0.25, 0.3) is 0 Å². The normalized spacial score (nSPS) is 13.7. The minimum absolute atomic E-state index is 0.0867. The van der Waals surface area contributed by atoms with E-state index in [9.17, 15) is 0 Å². The first kappa shape index (κ1) is 18.4. The number of ether oxygens (including phenoxy) is 1. The van der Waals surface area contributed by atoms with Crippen LogP contribution in [0.25, 0.3) is 21.1 Å². The van der Waals surface area contributed by atoms with Gasteiger partial charge in [-0.05, 0) is 68.6 Å². The Morgan fingerprint density at radius 1 is 1.15 bits per heavy atom. The average Bonchev–Trinajstić information content (AvgIpc) is 3.13. The molecule has 6 heteroatoms. The number of nitrogens with zero attached hydrogens (tertiary/aromatic N) is 2. The molecule has 4 rings (SSSR count). The van der Waals surface area contributed by atoms with Gasteiger partial charge in [-0.25, -0.2) is 0 Å². The van der Waals surface area contributed by atoms with Gasteiger partial charge in [0, 0.05) is 17.7 Å². The van der Waals surface area contributed by atoms with E-state index in [-0.39, 0.29) is 6.10 Å². The van der Waals surface area contributed by atoms with Gasteiger partial charge in [-0.1, -0.05) is 35.1 Å². The summed E-state index contributed by atoms with van der Waals surface area (Å²) < 4.78 is 5.71. The lowest BCUT2D eigenvalue weighted by Gasteiger charge is -2.20. The number of aromatic nitrogens is 2. The van der Waals surface area contributed by atoms with Gasteiger partial charge in [-0.2, -0.15) is 0 Å². The van der Waals surface area contributed by atoms with Crippen molar-refractivity contribution >= 4 is 22.9 Å². The Kier molecular flexibility index (Phi) is 5.17. The third kappa shape index (κ3) is 3.72. The fraction of sp³-hybridized carbons (Fsp3) is 0.333. The summed E-state index contributed by atoms with van der Waals surface area (Å²) in [5.74, 6) is 0.694. The maximum Gasteiger partial charge on any atom is 0.148 e. The summed E-state index contributed by atoms with van der Waals surface area (Å²) >= 11 is 7.97. The van der Waals surface area contributed by atoms with Crippen molar-refractivity contribution in [3.8, 4) is 26.9 Å². The van der Waals surface area contributed by atoms with Gasteiger partial charge in [-0.15, -0.1) is 10.2 Å². The van der Waals surface area contributed by atoms with Crippen molar-refractivity contribution < 1.29 is 4.74 Å². The van der Waals surface area contributed by atoms with Crippen LogP contribution in [0.4, 0.5) is 0 Å². The Morgan fingerprint density at radius 2 is 1.96 bits per heavy atom. The minimum atomic E-state index is 0.0867. The van der Waals surface area contributed by atoms with Crippen LogP contribution in [0.1, 0.15) is 30.5 Å². The highest BCUT2D eigenvalue weighted by molar-refractivity contribution is 7.17. The van der Waals surface area contributed by atoms with Crippen molar-refractivity contribution in [3.05, 3.63) is 52.0 Å². The minimum Gasteiger partial charge on any atom is -0.489 e. The lowest BCUT2D eigenvalue weighted by atomic mass is 9.93. The molecule has 140 valence electrons. The van der Waals surface area contributed by atoms with Gasteiger partial charge in [0.05, 0.1) is 11.1 Å². The Morgan fingerprint density at radius 3 is 2.74 bits per heavy atom. The number of nitrogens with one attached hydrogen (secondary N) is 1. The predicted molar refractivity (Wildman–Crippen MR) is 112 cm³/mol. The van der Waals surface area contributed by atoms with Gasteiger partial charge in [0.15, 0.2) is 0 Å². The molecule has 0 radical (unpaired) electrons. The molecule has 1 aromatic heterocycles. The third-order valence-corrected chi connectivity index (χ3v) is 6.06. The van der Waals surface area contributed by atoms with Crippen LogP contribution in [0.15, 0.2) is 30.3 Å². The Balaban J connectivity index is 1.65. The molecule has 1 aliphatic rings. The molecular formula is C21H22ClN3OS. The molecule has 0 saturated carbocycles. The summed E-state index contributed by atoms with van der Waals surface area (Å²) in [6.07, 6.45) is 1.15. The zero-order valence-corrected chi connectivity index (χ0v) is 17.2. The second kappa shape index (κ2) is 7.58. The van der Waals surface area contributed by atoms with Gasteiger partial charge in [-0.3, -0.25) is 0 Å². The molecule has 27 heavy (non-hydrogen) atoms. The van der Waals surface area contributed by atoms with Crippen LogP contribution in [0.3, 0.4) is 0 Å². The lowest BCUT2D eigenvalue weighted by molar-refractivity contribution is 0.242. The highest BCUT2D eigenvalue weighted by Crippen LogP contribution is 2.36. The monoisotopic (exact) mass is 399 g/mol. The van der Waals surface area contributed by atoms with Crippen LogP contribution in [-0.4, -0.2) is 22.8 Å². The highest BCUT2D eigenvalue weighted by atomic mass is 35.5. The number of fused-ring (bicyclic) bond motifs is 1. The highest BCUT2D eigenvalue weighted by Gasteiger charge is 2.17. The maximum absolute atomic E-state index is 6.38. The summed E-state index contributed by atoms with van der Waals surface area (Å²) in [4.78, 5) is 0. The topological polar surface area (TPSA) is 47.0 Å². The molecule has 0 spiro atoms. The largest absolute Gasteiger partial charge is 0.489 e. The average molecular weight is 400 g/mol. The molecule has 3 aromatic rings. The molecule has 0 aliphatic carbocycles. The van der Waals surface area contributed by atoms with Crippen LogP contribution in [0.2, 0.25) is 5.02 Å². The number of hydrogen-bond acceptors (Lipinski definition) is 5. The van der Waals surface area contributed by atoms with E-state index in [1.807, 2.05) is 32.0 Å². The van der Waals surface area contributed by atoms with E-state index in [2.05, 4.69) is 34.6 Å². The summed E-state index contributed by atoms with van der Waals surface area (Å²) in [6.45, 7) is 8.13. The first-order chi connectivity index (χ1) is 13.0. The number of hydrogen-bond donors (Lipinski definition) is 1. The molecule has 0 unspecified atom stereocenters. The third-order valence-electron chi connectivity index (χ3n) is 4.76. The van der Waals surface area contributed by atoms with E-state index in [1.165, 1.54) is 22.3 Å². The van der Waals surface area contributed by atoms with Crippen LogP contribution >= 0.6 is 22.9 Å². The lowest BCUT2D eigenvalue weighted by Crippen LogP contribution is -2.24. The van der Waals surface area contributed by atoms with E-state index in [1.54, 1.807) is 11.3 Å². The number of halogens is 1. The fourth-order valence-electron chi connectivity index (χ4n) is 3.43. The van der Waals surface area contributed by atoms with E-state index in [4.69, 9.17) is 16.3 Å². The van der Waals surface area contributed by atoms with Gasteiger partial charge >= 0.3 is 0 Å². The summed E-state index contributed by atoms with van der Waals surface area (Å²) in [5.41, 5.74) is 6.28. The number of benzene rings is 2. The first-order valence-electron chi connectivity index (χ1n) is 9.15. The van der Waals surface area contributed by atoms with E-state index >= 15 is 0 Å². The fourth-order valence-corrected chi connectivity index (χ4v) is 4.57. The van der Waals surface area contributed by atoms with Crippen molar-refractivity contribution in [1.29, 1.82) is 0 Å². The van der Waals surface area contributed by atoms with Crippen molar-refractivity contribution in [1.82, 2.24) is 15.5 Å². The molecule has 4 nitrogen and oxygen atoms in total. The van der Waals surface area contributed by atoms with Crippen LogP contribution in [0, 0.1) is 6.92 Å². The molecule has 1 N–H and O–H groups in total. The van der Waals surface area contributed by atoms with E-state index < -0.39 is 0 Å². The smallest absolute Gasteiger partial charge is 0.148 e. The van der Waals surface area contributed by atoms with Crippen molar-refractivity contribution in [2.75, 3.05) is 6.54 Å². The Hall–Kier alpha value is -1.95. The molecule has 0 atom stereocenters. The Bertz CT molecular complexity index is 984. The molecule has 0 saturated heterocycles. The van der Waals surface area contributed by atoms with Gasteiger partial charge in [0.1, 0.15) is 15.8 Å². The van der Waals surface area contributed by atoms with E-state index in [0.717, 1.165) is 35.1 Å². The quantitative estimate of drug-likeness (QED) is 0.649. The SMILES string of the molecule is Cc1c(-c2nnc(-c3ccc(OC(C)C)c(Cl)c3)s2)ccc2c1CCNC2. The second-order valence-corrected chi connectivity index (χ2v) is 8.41. The van der Waals surface area contributed by atoms with Crippen LogP contribution in [-0.2, 0) is 13.0 Å². The zero-order chi connectivity index (χ0) is 19.0. The number of rotatable bonds is 4. The summed E-state index contributed by atoms with van der Waals surface area (Å²) in [7, 11) is 0. The molecule has 0 amide bonds. The Labute approximate surface area is 168 Å². The van der Waals surface area contributed by atoms with Crippen molar-refractivity contribution in [2.24, 2.45) is 0 Å². The summed E-state index contributed by atoms with van der Waals surface area (Å²) in [6, 6.07) is 10.2. The molecule has 0 bridgehead atoms. The molecule has 1 aliphatic heterocycles. The maximum atomic E-state index is 6.38. The van der Waals surface area contributed by atoms with Crippen LogP contribution < -0.4 is 10.1 Å². The standard InChI is InChI=1S/C21H22ClN3OS/c1-12(2)26-19-7-5-14(10-18(19)22)20-24-25-21(27-20)17-6-4-15-11-23-9-8-16(15)13(17)3/h4-7,10,12,23H,8-9,11H2,1-3H3. The van der Waals surface area contributed by atoms with Gasteiger partial charge in [0.2, 0.25) is 0 Å². The summed E-state index contributed by atoms with van der Waals surface area (Å²) in [5, 5.41) is 14.7. The van der Waals surface area contributed by atoms with Crippen molar-refractivity contribution in [2.45, 2.75) is 39.8 Å². The molecular weight excluding hydrogens is 378 g/mol. The second-order valence-electron chi connectivity index (χ2n) is 7.03. The van der Waals surface area contributed by atoms with E-state index in [0.29, 0.717) is 10.8 Å². The van der Waals surface area contributed by atoms with Crippen molar-refractivity contribution in [3.63, 3.8) is 0 Å². The first-order valence-corrected chi connectivity index (χ1v) is 10.3. The molecule has 2 heterocycles. The van der Waals surface area contributed by atoms with Crippen LogP contribution in [0.5, 0.6) is 5.75 Å². The van der Waals surface area contributed by atoms with Gasteiger partial charge < -0.3 is 10.1 Å². The molecule has 0 fully saturated rings. The predicted octanol–water partition coefficient (Wildman–Crippen LogP) is 5.27. The molecule has 2 aromatic carbocycles. The zero-order valence-electron chi connectivity index (χ0n) is 15.7.